The van der Waals surface area contributed by atoms with Crippen molar-refractivity contribution >= 4 is 17.3 Å². The number of hydrogen-bond acceptors (Lipinski definition) is 2. The maximum atomic E-state index is 12.5. The van der Waals surface area contributed by atoms with E-state index in [9.17, 15) is 4.79 Å². The van der Waals surface area contributed by atoms with Crippen molar-refractivity contribution in [3.8, 4) is 0 Å². The highest BCUT2D eigenvalue weighted by Gasteiger charge is 2.35. The van der Waals surface area contributed by atoms with Crippen LogP contribution in [0.15, 0.2) is 36.9 Å². The lowest BCUT2D eigenvalue weighted by atomic mass is 9.72. The lowest BCUT2D eigenvalue weighted by Gasteiger charge is -2.38. The number of aromatic nitrogens is 2. The molecule has 4 nitrogen and oxygen atoms in total. The molecule has 1 aromatic heterocycles. The zero-order chi connectivity index (χ0) is 16.2. The molecule has 4 heteroatoms. The molecular weight excluding hydrogens is 286 g/mol. The highest BCUT2D eigenvalue weighted by Crippen LogP contribution is 2.39. The third-order valence-corrected chi connectivity index (χ3v) is 5.07. The van der Waals surface area contributed by atoms with Crippen molar-refractivity contribution in [2.45, 2.75) is 39.0 Å². The lowest BCUT2D eigenvalue weighted by molar-refractivity contribution is -0.121. The van der Waals surface area contributed by atoms with Gasteiger partial charge < -0.3 is 0 Å². The summed E-state index contributed by atoms with van der Waals surface area (Å²) in [6.45, 7) is 6.51. The Morgan fingerprint density at radius 3 is 2.83 bits per heavy atom. The Bertz CT molecular complexity index is 637. The predicted octanol–water partition coefficient (Wildman–Crippen LogP) is 4.10. The van der Waals surface area contributed by atoms with Gasteiger partial charge in [-0.1, -0.05) is 50.1 Å². The zero-order valence-electron chi connectivity index (χ0n) is 13.8. The summed E-state index contributed by atoms with van der Waals surface area (Å²) in [5.74, 6) is 2.32. The first-order valence-corrected chi connectivity index (χ1v) is 8.54. The van der Waals surface area contributed by atoms with Crippen LogP contribution in [-0.2, 0) is 4.79 Å². The van der Waals surface area contributed by atoms with Crippen molar-refractivity contribution in [2.75, 3.05) is 11.4 Å². The average Bonchev–Trinajstić information content (AvgIpc) is 2.95. The molecule has 1 atom stereocenters. The van der Waals surface area contributed by atoms with E-state index in [4.69, 9.17) is 0 Å². The summed E-state index contributed by atoms with van der Waals surface area (Å²) < 4.78 is 0. The number of nitrogens with zero attached hydrogens (tertiary/aromatic N) is 2. The van der Waals surface area contributed by atoms with Crippen LogP contribution >= 0.6 is 0 Å². The van der Waals surface area contributed by atoms with Gasteiger partial charge in [-0.3, -0.25) is 14.8 Å². The number of aromatic amines is 1. The summed E-state index contributed by atoms with van der Waals surface area (Å²) in [7, 11) is 0. The van der Waals surface area contributed by atoms with Crippen molar-refractivity contribution in [1.29, 1.82) is 0 Å². The van der Waals surface area contributed by atoms with Crippen molar-refractivity contribution in [3.05, 3.63) is 42.6 Å². The monoisotopic (exact) mass is 311 g/mol. The molecule has 0 spiro atoms. The van der Waals surface area contributed by atoms with Crippen LogP contribution in [-0.4, -0.2) is 22.6 Å². The van der Waals surface area contributed by atoms with E-state index < -0.39 is 0 Å². The fourth-order valence-corrected chi connectivity index (χ4v) is 3.55. The van der Waals surface area contributed by atoms with E-state index >= 15 is 0 Å². The third kappa shape index (κ3) is 3.31. The van der Waals surface area contributed by atoms with Crippen LogP contribution in [0.4, 0.5) is 5.82 Å². The van der Waals surface area contributed by atoms with E-state index in [0.29, 0.717) is 12.3 Å². The Hall–Kier alpha value is -2.10. The van der Waals surface area contributed by atoms with Crippen LogP contribution < -0.4 is 4.90 Å². The Labute approximate surface area is 138 Å². The molecule has 1 saturated carbocycles. The fourth-order valence-electron chi connectivity index (χ4n) is 3.55. The minimum absolute atomic E-state index is 0.214. The number of hydrogen-bond donors (Lipinski definition) is 1. The molecule has 1 aromatic rings. The van der Waals surface area contributed by atoms with E-state index in [0.717, 1.165) is 36.0 Å². The van der Waals surface area contributed by atoms with Gasteiger partial charge in [-0.15, -0.1) is 0 Å². The molecule has 2 heterocycles. The first-order valence-electron chi connectivity index (χ1n) is 8.54. The number of piperidine rings is 1. The summed E-state index contributed by atoms with van der Waals surface area (Å²) in [5.41, 5.74) is 1.92. The smallest absolute Gasteiger partial charge is 0.228 e. The van der Waals surface area contributed by atoms with Crippen molar-refractivity contribution in [3.63, 3.8) is 0 Å². The van der Waals surface area contributed by atoms with Gasteiger partial charge in [0, 0.05) is 19.0 Å². The van der Waals surface area contributed by atoms with Gasteiger partial charge in [0.15, 0.2) is 5.82 Å². The number of amides is 1. The molecule has 2 aliphatic rings. The maximum absolute atomic E-state index is 12.5. The Balaban J connectivity index is 1.71. The van der Waals surface area contributed by atoms with Crippen LogP contribution in [0.2, 0.25) is 0 Å². The number of anilines is 1. The van der Waals surface area contributed by atoms with E-state index in [1.807, 2.05) is 36.1 Å². The van der Waals surface area contributed by atoms with Crippen LogP contribution in [0.5, 0.6) is 0 Å². The Morgan fingerprint density at radius 1 is 1.39 bits per heavy atom. The molecule has 0 bridgehead atoms. The minimum Gasteiger partial charge on any atom is -0.295 e. The van der Waals surface area contributed by atoms with Crippen molar-refractivity contribution < 1.29 is 4.79 Å². The van der Waals surface area contributed by atoms with Gasteiger partial charge in [-0.05, 0) is 30.8 Å². The van der Waals surface area contributed by atoms with Crippen LogP contribution in [0.1, 0.15) is 44.7 Å². The van der Waals surface area contributed by atoms with Gasteiger partial charge >= 0.3 is 0 Å². The van der Waals surface area contributed by atoms with Crippen LogP contribution in [0.3, 0.4) is 0 Å². The molecule has 3 rings (SSSR count). The number of carbonyl (C=O) groups is 1. The van der Waals surface area contributed by atoms with Crippen molar-refractivity contribution in [1.82, 2.24) is 10.2 Å². The molecular formula is C19H25N3O. The Morgan fingerprint density at radius 2 is 2.22 bits per heavy atom. The summed E-state index contributed by atoms with van der Waals surface area (Å²) in [4.78, 5) is 14.3. The maximum Gasteiger partial charge on any atom is 0.228 e. The highest BCUT2D eigenvalue weighted by atomic mass is 16.2. The molecule has 1 amide bonds. The number of H-pyrrole nitrogens is 1. The molecule has 1 saturated heterocycles. The van der Waals surface area contributed by atoms with Crippen LogP contribution in [0.25, 0.3) is 5.57 Å². The number of allylic oxidation sites excluding steroid dienone is 5. The standard InChI is InChI=1S/C19H25N3O/c1-3-6-15(7-4-2)17-13-18(21-20-17)22-11-10-16(12-19(22)23)14-8-5-9-14/h3-4,6-7,13-14,16H,1,5,8-12H2,2H3,(H,20,21)/b7-4-,15-6+. The third-order valence-electron chi connectivity index (χ3n) is 5.07. The van der Waals surface area contributed by atoms with Gasteiger partial charge in [0.1, 0.15) is 0 Å². The van der Waals surface area contributed by atoms with Crippen molar-refractivity contribution in [2.24, 2.45) is 11.8 Å². The SMILES string of the molecule is C=C/C=C(\C=C/C)c1cc(N2CCC(C3CCC3)CC2=O)n[nH]1. The summed E-state index contributed by atoms with van der Waals surface area (Å²) in [5, 5.41) is 7.39. The zero-order valence-corrected chi connectivity index (χ0v) is 13.8. The lowest BCUT2D eigenvalue weighted by Crippen LogP contribution is -2.42. The first kappa shape index (κ1) is 15.8. The number of rotatable bonds is 5. The van der Waals surface area contributed by atoms with Gasteiger partial charge in [0.05, 0.1) is 5.69 Å². The quantitative estimate of drug-likeness (QED) is 0.832. The van der Waals surface area contributed by atoms with Gasteiger partial charge in [0.2, 0.25) is 5.91 Å². The summed E-state index contributed by atoms with van der Waals surface area (Å²) in [6, 6.07) is 1.96. The fraction of sp³-hybridized carbons (Fsp3) is 0.474. The first-order chi connectivity index (χ1) is 11.2. The largest absolute Gasteiger partial charge is 0.295 e. The van der Waals surface area contributed by atoms with Gasteiger partial charge in [0.25, 0.3) is 0 Å². The minimum atomic E-state index is 0.214. The number of nitrogens with one attached hydrogen (secondary N) is 1. The molecule has 122 valence electrons. The van der Waals surface area contributed by atoms with E-state index in [1.165, 1.54) is 19.3 Å². The second kappa shape index (κ2) is 6.99. The van der Waals surface area contributed by atoms with E-state index in [1.54, 1.807) is 6.08 Å². The molecule has 2 fully saturated rings. The molecule has 0 aromatic carbocycles. The Kier molecular flexibility index (Phi) is 4.79. The second-order valence-corrected chi connectivity index (χ2v) is 6.49. The molecule has 1 aliphatic carbocycles. The predicted molar refractivity (Wildman–Crippen MR) is 94.0 cm³/mol. The average molecular weight is 311 g/mol. The number of carbonyl (C=O) groups excluding carboxylic acids is 1. The van der Waals surface area contributed by atoms with E-state index in [-0.39, 0.29) is 5.91 Å². The normalized spacial score (nSPS) is 23.3. The molecule has 1 unspecified atom stereocenters. The molecule has 23 heavy (non-hydrogen) atoms. The van der Waals surface area contributed by atoms with Gasteiger partial charge in [-0.25, -0.2) is 0 Å². The molecule has 0 radical (unpaired) electrons. The molecule has 1 N–H and O–H groups in total. The summed E-state index contributed by atoms with van der Waals surface area (Å²) in [6.07, 6.45) is 13.4. The topological polar surface area (TPSA) is 49.0 Å². The highest BCUT2D eigenvalue weighted by molar-refractivity contribution is 5.93. The summed E-state index contributed by atoms with van der Waals surface area (Å²) >= 11 is 0. The molecule has 1 aliphatic heterocycles. The second-order valence-electron chi connectivity index (χ2n) is 6.49. The van der Waals surface area contributed by atoms with E-state index in [2.05, 4.69) is 16.8 Å². The van der Waals surface area contributed by atoms with Gasteiger partial charge in [-0.2, -0.15) is 5.10 Å². The van der Waals surface area contributed by atoms with Crippen LogP contribution in [0, 0.1) is 11.8 Å².